The van der Waals surface area contributed by atoms with E-state index in [-0.39, 0.29) is 0 Å². The molecule has 0 aromatic rings. The van der Waals surface area contributed by atoms with E-state index in [1.54, 1.807) is 0 Å². The Morgan fingerprint density at radius 1 is 1.27 bits per heavy atom. The second-order valence-electron chi connectivity index (χ2n) is 3.37. The Morgan fingerprint density at radius 3 is 2.73 bits per heavy atom. The molecule has 1 saturated heterocycles. The van der Waals surface area contributed by atoms with Crippen LogP contribution < -0.4 is 5.32 Å². The molecule has 2 heteroatoms. The fourth-order valence-corrected chi connectivity index (χ4v) is 3.06. The van der Waals surface area contributed by atoms with E-state index in [9.17, 15) is 0 Å². The summed E-state index contributed by atoms with van der Waals surface area (Å²) >= 11 is 2.04. The molecule has 2 heterocycles. The summed E-state index contributed by atoms with van der Waals surface area (Å²) in [6.07, 6.45) is 6.41. The molecule has 62 valence electrons. The Bertz CT molecular complexity index is 142. The van der Waals surface area contributed by atoms with Crippen LogP contribution in [0.5, 0.6) is 0 Å². The fraction of sp³-hybridized carbons (Fsp3) is 0.778. The van der Waals surface area contributed by atoms with Crippen LogP contribution in [0.4, 0.5) is 0 Å². The third-order valence-corrected chi connectivity index (χ3v) is 3.90. The van der Waals surface area contributed by atoms with Gasteiger partial charge in [-0.1, -0.05) is 6.08 Å². The first kappa shape index (κ1) is 7.69. The number of thioether (sulfide) groups is 1. The minimum atomic E-state index is 0.914. The van der Waals surface area contributed by atoms with E-state index in [4.69, 9.17) is 0 Å². The lowest BCUT2D eigenvalue weighted by molar-refractivity contribution is 0.366. The third kappa shape index (κ3) is 1.79. The molecule has 2 aliphatic rings. The Hall–Kier alpha value is 0.0500. The van der Waals surface area contributed by atoms with Gasteiger partial charge in [-0.25, -0.2) is 0 Å². The van der Waals surface area contributed by atoms with Crippen molar-refractivity contribution in [3.63, 3.8) is 0 Å². The van der Waals surface area contributed by atoms with Crippen LogP contribution in [0.2, 0.25) is 0 Å². The van der Waals surface area contributed by atoms with Gasteiger partial charge in [0.25, 0.3) is 0 Å². The van der Waals surface area contributed by atoms with Gasteiger partial charge in [-0.2, -0.15) is 0 Å². The maximum Gasteiger partial charge on any atom is 0.0152 e. The van der Waals surface area contributed by atoms with E-state index in [0.717, 1.165) is 11.2 Å². The van der Waals surface area contributed by atoms with Crippen LogP contribution in [0, 0.1) is 5.92 Å². The minimum Gasteiger partial charge on any atom is -0.317 e. The normalized spacial score (nSPS) is 32.9. The van der Waals surface area contributed by atoms with Crippen LogP contribution >= 0.6 is 11.8 Å². The van der Waals surface area contributed by atoms with E-state index in [2.05, 4.69) is 16.8 Å². The number of piperidine rings is 1. The molecule has 0 aromatic carbocycles. The average molecular weight is 169 g/mol. The number of allylic oxidation sites excluding steroid dienone is 1. The third-order valence-electron chi connectivity index (χ3n) is 2.63. The van der Waals surface area contributed by atoms with Crippen LogP contribution in [-0.4, -0.2) is 18.3 Å². The lowest BCUT2D eigenvalue weighted by atomic mass is 9.93. The smallest absolute Gasteiger partial charge is 0.0152 e. The molecule has 1 unspecified atom stereocenters. The van der Waals surface area contributed by atoms with Gasteiger partial charge in [-0.05, 0) is 43.7 Å². The van der Waals surface area contributed by atoms with Gasteiger partial charge in [0, 0.05) is 5.25 Å². The van der Waals surface area contributed by atoms with Crippen LogP contribution in [-0.2, 0) is 0 Å². The highest BCUT2D eigenvalue weighted by Gasteiger charge is 2.24. The van der Waals surface area contributed by atoms with E-state index in [1.165, 1.54) is 32.4 Å². The average Bonchev–Trinajstić information content (AvgIpc) is 2.58. The van der Waals surface area contributed by atoms with Gasteiger partial charge < -0.3 is 5.32 Å². The van der Waals surface area contributed by atoms with Gasteiger partial charge >= 0.3 is 0 Å². The molecule has 0 bridgehead atoms. The predicted octanol–water partition coefficient (Wildman–Crippen LogP) is 2.01. The lowest BCUT2D eigenvalue weighted by Gasteiger charge is -2.27. The SMILES string of the molecule is C1=CSC(C2CCNCC2)C1. The van der Waals surface area contributed by atoms with Crippen molar-refractivity contribution >= 4 is 11.8 Å². The van der Waals surface area contributed by atoms with Crippen molar-refractivity contribution in [2.45, 2.75) is 24.5 Å². The number of hydrogen-bond acceptors (Lipinski definition) is 2. The molecule has 2 rings (SSSR count). The molecule has 1 nitrogen and oxygen atoms in total. The molecule has 0 aromatic heterocycles. The standard InChI is InChI=1S/C9H15NS/c1-2-9(11-7-1)8-3-5-10-6-4-8/h1,7-10H,2-6H2. The zero-order valence-corrected chi connectivity index (χ0v) is 7.57. The molecule has 0 spiro atoms. The summed E-state index contributed by atoms with van der Waals surface area (Å²) in [7, 11) is 0. The molecule has 1 N–H and O–H groups in total. The van der Waals surface area contributed by atoms with E-state index < -0.39 is 0 Å². The number of hydrogen-bond donors (Lipinski definition) is 1. The first-order chi connectivity index (χ1) is 5.47. The van der Waals surface area contributed by atoms with Gasteiger partial charge in [0.15, 0.2) is 0 Å². The molecular weight excluding hydrogens is 154 g/mol. The largest absolute Gasteiger partial charge is 0.317 e. The molecule has 2 aliphatic heterocycles. The second kappa shape index (κ2) is 3.63. The number of rotatable bonds is 1. The zero-order valence-electron chi connectivity index (χ0n) is 6.75. The quantitative estimate of drug-likeness (QED) is 0.644. The molecular formula is C9H15NS. The van der Waals surface area contributed by atoms with Gasteiger partial charge in [-0.15, -0.1) is 11.8 Å². The topological polar surface area (TPSA) is 12.0 Å². The van der Waals surface area contributed by atoms with Crippen molar-refractivity contribution in [1.82, 2.24) is 5.32 Å². The van der Waals surface area contributed by atoms with Gasteiger partial charge in [-0.3, -0.25) is 0 Å². The summed E-state index contributed by atoms with van der Waals surface area (Å²) in [5.41, 5.74) is 0. The molecule has 1 atom stereocenters. The molecule has 0 aliphatic carbocycles. The van der Waals surface area contributed by atoms with Crippen LogP contribution in [0.25, 0.3) is 0 Å². The van der Waals surface area contributed by atoms with Crippen LogP contribution in [0.3, 0.4) is 0 Å². The fourth-order valence-electron chi connectivity index (χ4n) is 1.92. The van der Waals surface area contributed by atoms with E-state index >= 15 is 0 Å². The van der Waals surface area contributed by atoms with Crippen molar-refractivity contribution < 1.29 is 0 Å². The van der Waals surface area contributed by atoms with E-state index in [1.807, 2.05) is 11.8 Å². The number of nitrogens with one attached hydrogen (secondary N) is 1. The molecule has 11 heavy (non-hydrogen) atoms. The van der Waals surface area contributed by atoms with Crippen molar-refractivity contribution in [2.75, 3.05) is 13.1 Å². The van der Waals surface area contributed by atoms with E-state index in [0.29, 0.717) is 0 Å². The first-order valence-electron chi connectivity index (χ1n) is 4.48. The first-order valence-corrected chi connectivity index (χ1v) is 5.42. The maximum atomic E-state index is 3.41. The van der Waals surface area contributed by atoms with Crippen LogP contribution in [0.15, 0.2) is 11.5 Å². The highest BCUT2D eigenvalue weighted by atomic mass is 32.2. The lowest BCUT2D eigenvalue weighted by Crippen LogP contribution is -2.32. The zero-order chi connectivity index (χ0) is 7.52. The monoisotopic (exact) mass is 169 g/mol. The maximum absolute atomic E-state index is 3.41. The Kier molecular flexibility index (Phi) is 2.54. The second-order valence-corrected chi connectivity index (χ2v) is 4.52. The molecule has 0 amide bonds. The Labute approximate surface area is 72.6 Å². The molecule has 1 fully saturated rings. The molecule has 0 radical (unpaired) electrons. The summed E-state index contributed by atoms with van der Waals surface area (Å²) < 4.78 is 0. The Morgan fingerprint density at radius 2 is 2.09 bits per heavy atom. The highest BCUT2D eigenvalue weighted by molar-refractivity contribution is 8.03. The predicted molar refractivity (Wildman–Crippen MR) is 50.7 cm³/mol. The summed E-state index contributed by atoms with van der Waals surface area (Å²) in [4.78, 5) is 0. The summed E-state index contributed by atoms with van der Waals surface area (Å²) in [6.45, 7) is 2.48. The van der Waals surface area contributed by atoms with Crippen molar-refractivity contribution in [1.29, 1.82) is 0 Å². The van der Waals surface area contributed by atoms with Gasteiger partial charge in [0.2, 0.25) is 0 Å². The summed E-state index contributed by atoms with van der Waals surface area (Å²) in [5, 5.41) is 6.59. The summed E-state index contributed by atoms with van der Waals surface area (Å²) in [6, 6.07) is 0. The summed E-state index contributed by atoms with van der Waals surface area (Å²) in [5.74, 6) is 0.983. The van der Waals surface area contributed by atoms with Crippen LogP contribution in [0.1, 0.15) is 19.3 Å². The molecule has 0 saturated carbocycles. The highest BCUT2D eigenvalue weighted by Crippen LogP contribution is 2.34. The van der Waals surface area contributed by atoms with Crippen molar-refractivity contribution in [3.05, 3.63) is 11.5 Å². The van der Waals surface area contributed by atoms with Gasteiger partial charge in [0.05, 0.1) is 0 Å². The van der Waals surface area contributed by atoms with Crippen molar-refractivity contribution in [2.24, 2.45) is 5.92 Å². The minimum absolute atomic E-state index is 0.914. The van der Waals surface area contributed by atoms with Gasteiger partial charge in [0.1, 0.15) is 0 Å². The Balaban J connectivity index is 1.83. The van der Waals surface area contributed by atoms with Crippen molar-refractivity contribution in [3.8, 4) is 0 Å².